The average Bonchev–Trinajstić information content (AvgIpc) is 3.59. The number of rotatable bonds is 30. The zero-order valence-electron chi connectivity index (χ0n) is 33.5. The molecule has 0 aromatic heterocycles. The Morgan fingerprint density at radius 3 is 1.69 bits per heavy atom. The van der Waals surface area contributed by atoms with E-state index in [4.69, 9.17) is 33.2 Å². The van der Waals surface area contributed by atoms with Crippen molar-refractivity contribution in [3.05, 3.63) is 36.0 Å². The highest BCUT2D eigenvalue weighted by Gasteiger charge is 2.28. The molecule has 1 aliphatic rings. The number of aliphatic imine (C=N–C) groups is 1. The van der Waals surface area contributed by atoms with Crippen LogP contribution >= 0.6 is 0 Å². The second-order valence-corrected chi connectivity index (χ2v) is 13.0. The molecule has 16 nitrogen and oxygen atoms in total. The molecule has 0 fully saturated rings. The molecular formula is C39H63N5O11. The van der Waals surface area contributed by atoms with Gasteiger partial charge in [-0.05, 0) is 43.0 Å². The van der Waals surface area contributed by atoms with E-state index in [1.54, 1.807) is 37.2 Å². The third-order valence-corrected chi connectivity index (χ3v) is 8.22. The second-order valence-electron chi connectivity index (χ2n) is 13.0. The predicted octanol–water partition coefficient (Wildman–Crippen LogP) is 2.46. The zero-order valence-corrected chi connectivity index (χ0v) is 33.5. The van der Waals surface area contributed by atoms with Gasteiger partial charge in [-0.1, -0.05) is 26.0 Å². The molecule has 1 heterocycles. The topological polar surface area (TPSA) is 185 Å². The Hall–Kier alpha value is -3.77. The van der Waals surface area contributed by atoms with Gasteiger partial charge in [-0.2, -0.15) is 0 Å². The van der Waals surface area contributed by atoms with Gasteiger partial charge in [-0.15, -0.1) is 0 Å². The van der Waals surface area contributed by atoms with Crippen LogP contribution in [-0.2, 0) is 52.3 Å². The van der Waals surface area contributed by atoms with Crippen LogP contribution in [0, 0.1) is 5.92 Å². The third-order valence-electron chi connectivity index (χ3n) is 8.22. The average molecular weight is 778 g/mol. The summed E-state index contributed by atoms with van der Waals surface area (Å²) in [5, 5.41) is 8.27. The van der Waals surface area contributed by atoms with Crippen molar-refractivity contribution >= 4 is 41.1 Å². The van der Waals surface area contributed by atoms with Gasteiger partial charge < -0.3 is 54.0 Å². The summed E-state index contributed by atoms with van der Waals surface area (Å²) < 4.78 is 37.9. The van der Waals surface area contributed by atoms with E-state index in [1.165, 1.54) is 6.92 Å². The summed E-state index contributed by atoms with van der Waals surface area (Å²) in [6, 6.07) is 5.46. The van der Waals surface area contributed by atoms with Gasteiger partial charge in [0.1, 0.15) is 12.1 Å². The highest BCUT2D eigenvalue weighted by molar-refractivity contribution is 5.98. The lowest BCUT2D eigenvalue weighted by atomic mass is 10.0. The van der Waals surface area contributed by atoms with E-state index in [0.29, 0.717) is 98.0 Å². The summed E-state index contributed by atoms with van der Waals surface area (Å²) in [6.07, 6.45) is 4.29. The Kier molecular flexibility index (Phi) is 24.6. The molecule has 0 bridgehead atoms. The Morgan fingerprint density at radius 1 is 0.745 bits per heavy atom. The summed E-state index contributed by atoms with van der Waals surface area (Å²) in [5.41, 5.74) is 2.47. The van der Waals surface area contributed by atoms with Crippen molar-refractivity contribution in [3.63, 3.8) is 0 Å². The van der Waals surface area contributed by atoms with Crippen molar-refractivity contribution in [1.29, 1.82) is 0 Å². The van der Waals surface area contributed by atoms with Crippen LogP contribution in [0.5, 0.6) is 0 Å². The van der Waals surface area contributed by atoms with Crippen molar-refractivity contribution in [1.82, 2.24) is 15.5 Å². The molecule has 16 heteroatoms. The van der Waals surface area contributed by atoms with Gasteiger partial charge in [0.15, 0.2) is 0 Å². The van der Waals surface area contributed by atoms with Crippen LogP contribution in [0.4, 0.5) is 5.69 Å². The Bertz CT molecular complexity index is 1330. The van der Waals surface area contributed by atoms with Crippen LogP contribution in [0.1, 0.15) is 53.0 Å². The highest BCUT2D eigenvalue weighted by Crippen LogP contribution is 2.30. The van der Waals surface area contributed by atoms with E-state index in [1.807, 2.05) is 39.1 Å². The van der Waals surface area contributed by atoms with Crippen LogP contribution in [0.2, 0.25) is 0 Å². The molecule has 0 aliphatic carbocycles. The normalized spacial score (nSPS) is 15.3. The minimum atomic E-state index is -0.860. The number of nitrogens with zero attached hydrogens (tertiary/aromatic N) is 2. The van der Waals surface area contributed by atoms with Crippen LogP contribution in [0.25, 0.3) is 5.57 Å². The van der Waals surface area contributed by atoms with Crippen LogP contribution < -0.4 is 16.0 Å². The van der Waals surface area contributed by atoms with Crippen molar-refractivity contribution in [2.75, 3.05) is 105 Å². The molecule has 4 amide bonds. The zero-order chi connectivity index (χ0) is 40.3. The van der Waals surface area contributed by atoms with E-state index in [9.17, 15) is 19.2 Å². The molecule has 0 radical (unpaired) electrons. The molecule has 2 rings (SSSR count). The lowest BCUT2D eigenvalue weighted by Gasteiger charge is -2.24. The summed E-state index contributed by atoms with van der Waals surface area (Å²) in [7, 11) is 1.68. The standard InChI is InChI=1S/C39H63N5O11/c1-7-49-14-15-51-18-19-53-22-23-55-25-24-54-21-20-52-17-16-50-13-12-36(46)43-37(29(2)3)39(48)41-30(4)38(47)42-34-10-8-32(9-11-34)33-26-35(27-40-6)44(28-33)31(5)45/h8-11,27-30,35,37H,7,12-26H2,1-6H3,(H,41,48)(H,42,47)(H,43,46)/t30-,35-,37?/m0/s1. The molecule has 3 atom stereocenters. The first-order valence-electron chi connectivity index (χ1n) is 19.0. The van der Waals surface area contributed by atoms with Gasteiger partial charge in [0.25, 0.3) is 0 Å². The molecule has 310 valence electrons. The number of ether oxygens (including phenoxy) is 7. The van der Waals surface area contributed by atoms with Crippen molar-refractivity contribution in [2.24, 2.45) is 10.9 Å². The summed E-state index contributed by atoms with van der Waals surface area (Å²) in [6.45, 7) is 15.1. The number of benzene rings is 1. The molecule has 0 spiro atoms. The summed E-state index contributed by atoms with van der Waals surface area (Å²) in [5.74, 6) is -1.49. The fourth-order valence-electron chi connectivity index (χ4n) is 5.25. The molecule has 1 unspecified atom stereocenters. The van der Waals surface area contributed by atoms with Crippen molar-refractivity contribution in [3.8, 4) is 0 Å². The Labute approximate surface area is 326 Å². The minimum Gasteiger partial charge on any atom is -0.379 e. The Morgan fingerprint density at radius 2 is 1.24 bits per heavy atom. The van der Waals surface area contributed by atoms with E-state index in [0.717, 1.165) is 11.1 Å². The first kappa shape index (κ1) is 47.4. The summed E-state index contributed by atoms with van der Waals surface area (Å²) >= 11 is 0. The number of carbonyl (C=O) groups excluding carboxylic acids is 4. The van der Waals surface area contributed by atoms with Gasteiger partial charge in [-0.3, -0.25) is 24.2 Å². The van der Waals surface area contributed by atoms with Crippen LogP contribution in [-0.4, -0.2) is 152 Å². The minimum absolute atomic E-state index is 0.0621. The largest absolute Gasteiger partial charge is 0.379 e. The van der Waals surface area contributed by atoms with Crippen molar-refractivity contribution < 1.29 is 52.3 Å². The molecule has 55 heavy (non-hydrogen) atoms. The fourth-order valence-corrected chi connectivity index (χ4v) is 5.25. The SMILES string of the molecule is CCOCCOCCOCCOCCOCCOCCOCCC(=O)NC(C(=O)N[C@@H](C)C(=O)Nc1ccc(C2=CN(C(C)=O)[C@H](C=NC)C2)cc1)C(C)C. The molecule has 3 N–H and O–H groups in total. The number of hydrogen-bond donors (Lipinski definition) is 3. The first-order valence-corrected chi connectivity index (χ1v) is 19.0. The number of amides is 4. The second kappa shape index (κ2) is 28.6. The smallest absolute Gasteiger partial charge is 0.246 e. The fraction of sp³-hybridized carbons (Fsp3) is 0.667. The maximum Gasteiger partial charge on any atom is 0.246 e. The van der Waals surface area contributed by atoms with Gasteiger partial charge in [0.05, 0.1) is 91.9 Å². The maximum absolute atomic E-state index is 13.1. The number of anilines is 1. The lowest BCUT2D eigenvalue weighted by Crippen LogP contribution is -2.53. The predicted molar refractivity (Wildman–Crippen MR) is 209 cm³/mol. The van der Waals surface area contributed by atoms with E-state index < -0.39 is 23.9 Å². The van der Waals surface area contributed by atoms with E-state index in [-0.39, 0.29) is 36.8 Å². The molecule has 1 aromatic rings. The quantitative estimate of drug-likeness (QED) is 0.0771. The molecule has 0 saturated heterocycles. The Balaban J connectivity index is 1.55. The summed E-state index contributed by atoms with van der Waals surface area (Å²) in [4.78, 5) is 56.3. The molecule has 1 aromatic carbocycles. The third kappa shape index (κ3) is 20.1. The van der Waals surface area contributed by atoms with Crippen LogP contribution in [0.15, 0.2) is 35.5 Å². The van der Waals surface area contributed by atoms with Gasteiger partial charge in [0.2, 0.25) is 23.6 Å². The first-order chi connectivity index (χ1) is 26.6. The van der Waals surface area contributed by atoms with Crippen LogP contribution in [0.3, 0.4) is 0 Å². The number of nitrogens with one attached hydrogen (secondary N) is 3. The molecule has 1 aliphatic heterocycles. The number of carbonyl (C=O) groups is 4. The maximum atomic E-state index is 13.1. The van der Waals surface area contributed by atoms with E-state index >= 15 is 0 Å². The molecule has 0 saturated carbocycles. The van der Waals surface area contributed by atoms with Gasteiger partial charge in [0, 0.05) is 51.5 Å². The lowest BCUT2D eigenvalue weighted by molar-refractivity contribution is -0.132. The number of hydrogen-bond acceptors (Lipinski definition) is 12. The van der Waals surface area contributed by atoms with Crippen molar-refractivity contribution in [2.45, 2.75) is 65.6 Å². The van der Waals surface area contributed by atoms with Gasteiger partial charge >= 0.3 is 0 Å². The van der Waals surface area contributed by atoms with E-state index in [2.05, 4.69) is 20.9 Å². The molecular weight excluding hydrogens is 714 g/mol. The highest BCUT2D eigenvalue weighted by atomic mass is 16.6. The van der Waals surface area contributed by atoms with Gasteiger partial charge in [-0.25, -0.2) is 0 Å². The monoisotopic (exact) mass is 777 g/mol.